The molecular weight excluding hydrogens is 236 g/mol. The van der Waals surface area contributed by atoms with Crippen molar-refractivity contribution in [2.75, 3.05) is 31.8 Å². The Morgan fingerprint density at radius 1 is 1.59 bits per heavy atom. The van der Waals surface area contributed by atoms with Crippen molar-refractivity contribution in [3.63, 3.8) is 0 Å². The Labute approximate surface area is 106 Å². The van der Waals surface area contributed by atoms with Gasteiger partial charge in [-0.1, -0.05) is 0 Å². The van der Waals surface area contributed by atoms with Gasteiger partial charge in [0.1, 0.15) is 0 Å². The minimum atomic E-state index is 0.473. The van der Waals surface area contributed by atoms with Crippen molar-refractivity contribution in [1.29, 1.82) is 0 Å². The summed E-state index contributed by atoms with van der Waals surface area (Å²) < 4.78 is 9.36. The summed E-state index contributed by atoms with van der Waals surface area (Å²) in [7, 11) is 3.80. The maximum Gasteiger partial charge on any atom is 0.197 e. The van der Waals surface area contributed by atoms with Crippen LogP contribution in [-0.4, -0.2) is 42.1 Å². The Morgan fingerprint density at radius 2 is 2.35 bits per heavy atom. The van der Waals surface area contributed by atoms with Crippen LogP contribution >= 0.6 is 11.5 Å². The van der Waals surface area contributed by atoms with Gasteiger partial charge in [0.2, 0.25) is 0 Å². The summed E-state index contributed by atoms with van der Waals surface area (Å²) in [6.45, 7) is 3.38. The molecule has 1 aliphatic rings. The van der Waals surface area contributed by atoms with Crippen molar-refractivity contribution in [1.82, 2.24) is 9.27 Å². The number of hydrogen-bond donors (Lipinski definition) is 2. The average molecular weight is 256 g/mol. The zero-order valence-corrected chi connectivity index (χ0v) is 11.4. The highest BCUT2D eigenvalue weighted by atomic mass is 32.1. The number of nitrogens with zero attached hydrogens (tertiary/aromatic N) is 2. The van der Waals surface area contributed by atoms with Gasteiger partial charge in [0.05, 0.1) is 7.11 Å². The maximum atomic E-state index is 5.73. The second-order valence-electron chi connectivity index (χ2n) is 4.63. The number of anilines is 2. The van der Waals surface area contributed by atoms with Crippen LogP contribution in [0.4, 0.5) is 10.8 Å². The number of aromatic nitrogens is 1. The zero-order chi connectivity index (χ0) is 12.4. The highest BCUT2D eigenvalue weighted by molar-refractivity contribution is 7.11. The minimum Gasteiger partial charge on any atom is -0.490 e. The monoisotopic (exact) mass is 256 g/mol. The first-order valence-electron chi connectivity index (χ1n) is 5.87. The van der Waals surface area contributed by atoms with E-state index >= 15 is 0 Å². The quantitative estimate of drug-likeness (QED) is 0.860. The highest BCUT2D eigenvalue weighted by Crippen LogP contribution is 2.36. The minimum absolute atomic E-state index is 0.473. The molecule has 5 nitrogen and oxygen atoms in total. The molecule has 3 N–H and O–H groups in total. The lowest BCUT2D eigenvalue weighted by atomic mass is 9.99. The van der Waals surface area contributed by atoms with Gasteiger partial charge in [0.15, 0.2) is 16.6 Å². The van der Waals surface area contributed by atoms with Crippen molar-refractivity contribution >= 4 is 22.4 Å². The van der Waals surface area contributed by atoms with Gasteiger partial charge >= 0.3 is 0 Å². The van der Waals surface area contributed by atoms with Crippen LogP contribution in [0.25, 0.3) is 0 Å². The van der Waals surface area contributed by atoms with Crippen molar-refractivity contribution in [3.8, 4) is 5.75 Å². The molecule has 0 radical (unpaired) electrons. The Morgan fingerprint density at radius 3 is 3.00 bits per heavy atom. The molecule has 1 aliphatic heterocycles. The van der Waals surface area contributed by atoms with E-state index < -0.39 is 0 Å². The molecule has 0 amide bonds. The highest BCUT2D eigenvalue weighted by Gasteiger charge is 2.24. The van der Waals surface area contributed by atoms with Gasteiger partial charge < -0.3 is 20.7 Å². The molecule has 2 atom stereocenters. The van der Waals surface area contributed by atoms with Gasteiger partial charge in [-0.25, -0.2) is 0 Å². The molecule has 17 heavy (non-hydrogen) atoms. The number of piperidine rings is 1. The van der Waals surface area contributed by atoms with Gasteiger partial charge in [0, 0.05) is 18.6 Å². The molecule has 96 valence electrons. The molecule has 1 fully saturated rings. The van der Waals surface area contributed by atoms with E-state index in [-0.39, 0.29) is 0 Å². The molecule has 2 unspecified atom stereocenters. The van der Waals surface area contributed by atoms with Crippen LogP contribution in [0, 0.1) is 0 Å². The van der Waals surface area contributed by atoms with Crippen LogP contribution in [0.3, 0.4) is 0 Å². The number of ether oxygens (including phenoxy) is 1. The van der Waals surface area contributed by atoms with E-state index in [1.165, 1.54) is 11.5 Å². The molecular formula is C11H20N4OS. The molecule has 1 aromatic rings. The number of nitrogens with one attached hydrogen (secondary N) is 1. The maximum absolute atomic E-state index is 5.73. The summed E-state index contributed by atoms with van der Waals surface area (Å²) in [6.07, 6.45) is 2.28. The van der Waals surface area contributed by atoms with E-state index in [1.54, 1.807) is 7.11 Å². The number of nitrogen functional groups attached to an aromatic ring is 1. The fourth-order valence-electron chi connectivity index (χ4n) is 2.19. The van der Waals surface area contributed by atoms with Crippen LogP contribution in [0.1, 0.15) is 19.8 Å². The fraction of sp³-hybridized carbons (Fsp3) is 0.727. The predicted molar refractivity (Wildman–Crippen MR) is 71.8 cm³/mol. The normalized spacial score (nSPS) is 25.8. The van der Waals surface area contributed by atoms with Crippen LogP contribution < -0.4 is 15.8 Å². The van der Waals surface area contributed by atoms with Crippen LogP contribution in [0.5, 0.6) is 5.75 Å². The summed E-state index contributed by atoms with van der Waals surface area (Å²) >= 11 is 1.37. The Balaban J connectivity index is 2.01. The molecule has 1 aromatic heterocycles. The summed E-state index contributed by atoms with van der Waals surface area (Å²) in [5, 5.41) is 4.45. The first-order chi connectivity index (χ1) is 8.11. The SMILES string of the molecule is COc1c(N)nsc1NC1CCN(C)C(C)C1. The van der Waals surface area contributed by atoms with Crippen LogP contribution in [0.15, 0.2) is 0 Å². The second-order valence-corrected chi connectivity index (χ2v) is 5.40. The molecule has 0 spiro atoms. The van der Waals surface area contributed by atoms with Crippen LogP contribution in [0.2, 0.25) is 0 Å². The second kappa shape index (κ2) is 5.10. The molecule has 1 saturated heterocycles. The first-order valence-corrected chi connectivity index (χ1v) is 6.65. The summed E-state index contributed by atoms with van der Waals surface area (Å²) in [5.41, 5.74) is 5.73. The zero-order valence-electron chi connectivity index (χ0n) is 10.6. The summed E-state index contributed by atoms with van der Waals surface area (Å²) in [6, 6.07) is 1.09. The van der Waals surface area contributed by atoms with Gasteiger partial charge in [-0.15, -0.1) is 0 Å². The number of nitrogens with two attached hydrogens (primary N) is 1. The van der Waals surface area contributed by atoms with E-state index in [0.717, 1.165) is 24.4 Å². The molecule has 0 saturated carbocycles. The third-order valence-corrected chi connectivity index (χ3v) is 4.20. The largest absolute Gasteiger partial charge is 0.490 e. The lowest BCUT2D eigenvalue weighted by Crippen LogP contribution is -2.42. The van der Waals surface area contributed by atoms with Crippen molar-refractivity contribution in [2.45, 2.75) is 31.8 Å². The number of hydrogen-bond acceptors (Lipinski definition) is 6. The van der Waals surface area contributed by atoms with E-state index in [9.17, 15) is 0 Å². The third kappa shape index (κ3) is 2.63. The Kier molecular flexibility index (Phi) is 3.73. The smallest absolute Gasteiger partial charge is 0.197 e. The summed E-state index contributed by atoms with van der Waals surface area (Å²) in [4.78, 5) is 2.39. The van der Waals surface area contributed by atoms with E-state index in [4.69, 9.17) is 10.5 Å². The van der Waals surface area contributed by atoms with Crippen LogP contribution in [-0.2, 0) is 0 Å². The van der Waals surface area contributed by atoms with Crippen molar-refractivity contribution in [2.24, 2.45) is 0 Å². The molecule has 2 rings (SSSR count). The third-order valence-electron chi connectivity index (χ3n) is 3.42. The molecule has 6 heteroatoms. The molecule has 0 aliphatic carbocycles. The van der Waals surface area contributed by atoms with Crippen molar-refractivity contribution in [3.05, 3.63) is 0 Å². The number of methoxy groups -OCH3 is 1. The lowest BCUT2D eigenvalue weighted by molar-refractivity contribution is 0.190. The Bertz CT molecular complexity index is 382. The molecule has 2 heterocycles. The van der Waals surface area contributed by atoms with Gasteiger partial charge in [-0.3, -0.25) is 0 Å². The predicted octanol–water partition coefficient (Wildman–Crippen LogP) is 1.63. The number of likely N-dealkylation sites (tertiary alicyclic amines) is 1. The Hall–Kier alpha value is -1.01. The van der Waals surface area contributed by atoms with E-state index in [0.29, 0.717) is 23.7 Å². The average Bonchev–Trinajstić information content (AvgIpc) is 2.64. The lowest BCUT2D eigenvalue weighted by Gasteiger charge is -2.35. The van der Waals surface area contributed by atoms with Gasteiger partial charge in [-0.05, 0) is 38.3 Å². The number of rotatable bonds is 3. The molecule has 0 bridgehead atoms. The topological polar surface area (TPSA) is 63.4 Å². The summed E-state index contributed by atoms with van der Waals surface area (Å²) in [5.74, 6) is 1.16. The fourth-order valence-corrected chi connectivity index (χ4v) is 2.95. The standard InChI is InChI=1S/C11H20N4OS/c1-7-6-8(4-5-15(7)2)13-11-9(16-3)10(12)14-17-11/h7-8,13H,4-6H2,1-3H3,(H2,12,14). The van der Waals surface area contributed by atoms with Gasteiger partial charge in [-0.2, -0.15) is 4.37 Å². The van der Waals surface area contributed by atoms with Crippen molar-refractivity contribution < 1.29 is 4.74 Å². The molecule has 0 aromatic carbocycles. The van der Waals surface area contributed by atoms with E-state index in [1.807, 2.05) is 0 Å². The first kappa shape index (κ1) is 12.4. The van der Waals surface area contributed by atoms with E-state index in [2.05, 4.69) is 28.6 Å². The van der Waals surface area contributed by atoms with Gasteiger partial charge in [0.25, 0.3) is 0 Å².